The number of rotatable bonds is 2. The summed E-state index contributed by atoms with van der Waals surface area (Å²) in [6, 6.07) is 0.395. The van der Waals surface area contributed by atoms with Gasteiger partial charge in [0.1, 0.15) is 5.82 Å². The fourth-order valence-electron chi connectivity index (χ4n) is 3.03. The van der Waals surface area contributed by atoms with Crippen LogP contribution >= 0.6 is 0 Å². The highest BCUT2D eigenvalue weighted by Crippen LogP contribution is 2.33. The molecule has 1 aliphatic carbocycles. The summed E-state index contributed by atoms with van der Waals surface area (Å²) in [7, 11) is 0. The first-order chi connectivity index (χ1) is 7.88. The van der Waals surface area contributed by atoms with Crippen LogP contribution in [0.3, 0.4) is 0 Å². The van der Waals surface area contributed by atoms with Crippen molar-refractivity contribution in [2.75, 3.05) is 6.54 Å². The van der Waals surface area contributed by atoms with Crippen LogP contribution in [0.4, 0.5) is 0 Å². The van der Waals surface area contributed by atoms with Gasteiger partial charge < -0.3 is 5.73 Å². The number of hydrogen-bond acceptors (Lipinski definition) is 3. The second-order valence-electron chi connectivity index (χ2n) is 5.09. The minimum absolute atomic E-state index is 0.395. The van der Waals surface area contributed by atoms with Gasteiger partial charge in [0.2, 0.25) is 0 Å². The highest BCUT2D eigenvalue weighted by Gasteiger charge is 2.26. The molecule has 1 aromatic heterocycles. The van der Waals surface area contributed by atoms with Gasteiger partial charge in [-0.1, -0.05) is 12.8 Å². The van der Waals surface area contributed by atoms with Crippen LogP contribution in [0.15, 0.2) is 0 Å². The van der Waals surface area contributed by atoms with Crippen molar-refractivity contribution in [1.29, 1.82) is 0 Å². The molecule has 2 N–H and O–H groups in total. The van der Waals surface area contributed by atoms with Crippen LogP contribution in [-0.2, 0) is 6.42 Å². The molecule has 16 heavy (non-hydrogen) atoms. The Morgan fingerprint density at radius 2 is 2.00 bits per heavy atom. The Kier molecular flexibility index (Phi) is 2.67. The molecule has 1 atom stereocenters. The van der Waals surface area contributed by atoms with E-state index in [1.807, 2.05) is 0 Å². The molecule has 0 amide bonds. The molecule has 0 radical (unpaired) electrons. The smallest absolute Gasteiger partial charge is 0.154 e. The van der Waals surface area contributed by atoms with E-state index in [1.165, 1.54) is 37.9 Å². The third kappa shape index (κ3) is 1.65. The highest BCUT2D eigenvalue weighted by atomic mass is 15.4. The van der Waals surface area contributed by atoms with Crippen LogP contribution in [0.25, 0.3) is 0 Å². The van der Waals surface area contributed by atoms with Gasteiger partial charge in [-0.05, 0) is 25.7 Å². The van der Waals surface area contributed by atoms with Crippen molar-refractivity contribution in [3.05, 3.63) is 11.6 Å². The number of hydrogen-bond donors (Lipinski definition) is 1. The molecular weight excluding hydrogens is 200 g/mol. The molecule has 4 heteroatoms. The summed E-state index contributed by atoms with van der Waals surface area (Å²) in [5.41, 5.74) is 5.79. The van der Waals surface area contributed by atoms with Crippen LogP contribution in [-0.4, -0.2) is 21.3 Å². The Balaban J connectivity index is 1.89. The predicted octanol–water partition coefficient (Wildman–Crippen LogP) is 1.77. The number of nitrogens with zero attached hydrogens (tertiary/aromatic N) is 3. The summed E-state index contributed by atoms with van der Waals surface area (Å²) in [6.45, 7) is 0.695. The summed E-state index contributed by atoms with van der Waals surface area (Å²) in [5.74, 6) is 2.88. The SMILES string of the molecule is NCC1CCCc2nc(C3CCCC3)nn21. The maximum absolute atomic E-state index is 5.79. The lowest BCUT2D eigenvalue weighted by atomic mass is 10.1. The molecule has 1 aromatic rings. The number of fused-ring (bicyclic) bond motifs is 1. The van der Waals surface area contributed by atoms with Crippen LogP contribution in [0, 0.1) is 0 Å². The van der Waals surface area contributed by atoms with Gasteiger partial charge in [0, 0.05) is 18.9 Å². The Hall–Kier alpha value is -0.900. The van der Waals surface area contributed by atoms with Crippen molar-refractivity contribution < 1.29 is 0 Å². The van der Waals surface area contributed by atoms with Gasteiger partial charge in [0.15, 0.2) is 5.82 Å². The van der Waals surface area contributed by atoms with Crippen molar-refractivity contribution in [1.82, 2.24) is 14.8 Å². The van der Waals surface area contributed by atoms with Crippen molar-refractivity contribution in [3.8, 4) is 0 Å². The molecule has 3 rings (SSSR count). The van der Waals surface area contributed by atoms with E-state index in [1.54, 1.807) is 0 Å². The van der Waals surface area contributed by atoms with Crippen LogP contribution in [0.1, 0.15) is 62.1 Å². The zero-order valence-electron chi connectivity index (χ0n) is 9.73. The molecule has 0 spiro atoms. The lowest BCUT2D eigenvalue weighted by Crippen LogP contribution is -2.25. The van der Waals surface area contributed by atoms with E-state index in [0.29, 0.717) is 18.5 Å². The first-order valence-corrected chi connectivity index (χ1v) is 6.54. The summed E-state index contributed by atoms with van der Waals surface area (Å²) in [6.07, 6.45) is 8.69. The molecule has 4 nitrogen and oxygen atoms in total. The number of nitrogens with two attached hydrogens (primary N) is 1. The molecular formula is C12H20N4. The van der Waals surface area contributed by atoms with E-state index in [0.717, 1.165) is 18.7 Å². The quantitative estimate of drug-likeness (QED) is 0.826. The van der Waals surface area contributed by atoms with Gasteiger partial charge in [0.25, 0.3) is 0 Å². The summed E-state index contributed by atoms with van der Waals surface area (Å²) in [5, 5.41) is 4.71. The van der Waals surface area contributed by atoms with E-state index in [4.69, 9.17) is 15.8 Å². The zero-order valence-corrected chi connectivity index (χ0v) is 9.73. The van der Waals surface area contributed by atoms with E-state index in [2.05, 4.69) is 4.68 Å². The Bertz CT molecular complexity index is 365. The molecule has 0 bridgehead atoms. The van der Waals surface area contributed by atoms with Gasteiger partial charge in [0.05, 0.1) is 6.04 Å². The third-order valence-corrected chi connectivity index (χ3v) is 3.99. The lowest BCUT2D eigenvalue weighted by Gasteiger charge is -2.21. The molecule has 0 aromatic carbocycles. The summed E-state index contributed by atoms with van der Waals surface area (Å²) >= 11 is 0. The monoisotopic (exact) mass is 220 g/mol. The lowest BCUT2D eigenvalue weighted by molar-refractivity contribution is 0.367. The van der Waals surface area contributed by atoms with E-state index >= 15 is 0 Å². The van der Waals surface area contributed by atoms with Crippen molar-refractivity contribution in [2.24, 2.45) is 5.73 Å². The predicted molar refractivity (Wildman–Crippen MR) is 62.3 cm³/mol. The molecule has 88 valence electrons. The first-order valence-electron chi connectivity index (χ1n) is 6.54. The van der Waals surface area contributed by atoms with Crippen molar-refractivity contribution in [3.63, 3.8) is 0 Å². The fourth-order valence-corrected chi connectivity index (χ4v) is 3.03. The molecule has 1 aliphatic heterocycles. The number of aryl methyl sites for hydroxylation is 1. The minimum atomic E-state index is 0.395. The maximum atomic E-state index is 5.79. The standard InChI is InChI=1S/C12H20N4/c13-8-10-6-3-7-11-14-12(15-16(10)11)9-4-1-2-5-9/h9-10H,1-8,13H2. The normalized spacial score (nSPS) is 25.9. The van der Waals surface area contributed by atoms with Crippen LogP contribution < -0.4 is 5.73 Å². The minimum Gasteiger partial charge on any atom is -0.328 e. The maximum Gasteiger partial charge on any atom is 0.154 e. The second kappa shape index (κ2) is 4.17. The third-order valence-electron chi connectivity index (χ3n) is 3.99. The molecule has 2 aliphatic rings. The molecule has 1 saturated carbocycles. The Morgan fingerprint density at radius 1 is 1.19 bits per heavy atom. The van der Waals surface area contributed by atoms with E-state index in [9.17, 15) is 0 Å². The summed E-state index contributed by atoms with van der Waals surface area (Å²) in [4.78, 5) is 4.73. The van der Waals surface area contributed by atoms with Gasteiger partial charge in [-0.25, -0.2) is 9.67 Å². The van der Waals surface area contributed by atoms with Gasteiger partial charge in [-0.2, -0.15) is 5.10 Å². The first kappa shape index (κ1) is 10.3. The Morgan fingerprint density at radius 3 is 2.75 bits per heavy atom. The van der Waals surface area contributed by atoms with Crippen molar-refractivity contribution >= 4 is 0 Å². The van der Waals surface area contributed by atoms with Gasteiger partial charge in [-0.15, -0.1) is 0 Å². The topological polar surface area (TPSA) is 56.7 Å². The number of aromatic nitrogens is 3. The average molecular weight is 220 g/mol. The Labute approximate surface area is 96.2 Å². The molecule has 0 saturated heterocycles. The largest absolute Gasteiger partial charge is 0.328 e. The van der Waals surface area contributed by atoms with Crippen LogP contribution in [0.2, 0.25) is 0 Å². The van der Waals surface area contributed by atoms with Gasteiger partial charge >= 0.3 is 0 Å². The highest BCUT2D eigenvalue weighted by molar-refractivity contribution is 5.04. The van der Waals surface area contributed by atoms with E-state index in [-0.39, 0.29) is 0 Å². The van der Waals surface area contributed by atoms with Crippen LogP contribution in [0.5, 0.6) is 0 Å². The summed E-state index contributed by atoms with van der Waals surface area (Å²) < 4.78 is 2.11. The van der Waals surface area contributed by atoms with E-state index < -0.39 is 0 Å². The zero-order chi connectivity index (χ0) is 11.0. The molecule has 1 fully saturated rings. The van der Waals surface area contributed by atoms with Gasteiger partial charge in [-0.3, -0.25) is 0 Å². The van der Waals surface area contributed by atoms with Crippen molar-refractivity contribution in [2.45, 2.75) is 56.9 Å². The molecule has 1 unspecified atom stereocenters. The molecule has 2 heterocycles. The average Bonchev–Trinajstić information content (AvgIpc) is 2.96. The fraction of sp³-hybridized carbons (Fsp3) is 0.833. The second-order valence-corrected chi connectivity index (χ2v) is 5.09.